The van der Waals surface area contributed by atoms with Crippen molar-refractivity contribution in [2.24, 2.45) is 0 Å². The van der Waals surface area contributed by atoms with E-state index in [0.717, 1.165) is 41.8 Å². The molecular formula is C29H30FN3O2. The topological polar surface area (TPSA) is 50.5 Å². The normalized spacial score (nSPS) is 14.3. The average Bonchev–Trinajstić information content (AvgIpc) is 3.68. The average molecular weight is 472 g/mol. The lowest BCUT2D eigenvalue weighted by molar-refractivity contribution is 0.104. The van der Waals surface area contributed by atoms with Gasteiger partial charge in [-0.05, 0) is 49.1 Å². The van der Waals surface area contributed by atoms with E-state index >= 15 is 0 Å². The van der Waals surface area contributed by atoms with Gasteiger partial charge in [-0.1, -0.05) is 61.5 Å². The maximum absolute atomic E-state index is 14.0. The van der Waals surface area contributed by atoms with Crippen LogP contribution in [0.25, 0.3) is 5.69 Å². The Morgan fingerprint density at radius 2 is 1.74 bits per heavy atom. The molecule has 180 valence electrons. The second-order valence-electron chi connectivity index (χ2n) is 8.98. The molecule has 5 rings (SSSR count). The highest BCUT2D eigenvalue weighted by molar-refractivity contribution is 5.44. The van der Waals surface area contributed by atoms with Gasteiger partial charge in [0.25, 0.3) is 0 Å². The first kappa shape index (κ1) is 23.3. The number of aryl methyl sites for hydroxylation is 1. The highest BCUT2D eigenvalue weighted by Crippen LogP contribution is 2.36. The highest BCUT2D eigenvalue weighted by atomic mass is 19.1. The Morgan fingerprint density at radius 1 is 1.03 bits per heavy atom. The molecule has 0 saturated heterocycles. The summed E-state index contributed by atoms with van der Waals surface area (Å²) in [7, 11) is 0. The van der Waals surface area contributed by atoms with Crippen molar-refractivity contribution in [1.82, 2.24) is 14.7 Å². The molecule has 0 spiro atoms. The van der Waals surface area contributed by atoms with E-state index in [0.29, 0.717) is 30.8 Å². The van der Waals surface area contributed by atoms with E-state index < -0.39 is 6.10 Å². The van der Waals surface area contributed by atoms with E-state index in [1.807, 2.05) is 60.7 Å². The maximum Gasteiger partial charge on any atom is 0.227 e. The van der Waals surface area contributed by atoms with Crippen molar-refractivity contribution in [3.63, 3.8) is 0 Å². The van der Waals surface area contributed by atoms with Gasteiger partial charge in [0.1, 0.15) is 11.6 Å². The minimum absolute atomic E-state index is 0.351. The Labute approximate surface area is 205 Å². The predicted octanol–water partition coefficient (Wildman–Crippen LogP) is 6.06. The molecule has 0 bridgehead atoms. The van der Waals surface area contributed by atoms with Crippen molar-refractivity contribution in [3.8, 4) is 17.3 Å². The number of nitrogens with zero attached hydrogens (tertiary/aromatic N) is 3. The van der Waals surface area contributed by atoms with E-state index in [9.17, 15) is 9.50 Å². The number of para-hydroxylation sites is 1. The van der Waals surface area contributed by atoms with Crippen LogP contribution in [0, 0.1) is 5.82 Å². The smallest absolute Gasteiger partial charge is 0.227 e. The highest BCUT2D eigenvalue weighted by Gasteiger charge is 2.33. The first-order chi connectivity index (χ1) is 17.1. The van der Waals surface area contributed by atoms with Gasteiger partial charge in [-0.3, -0.25) is 4.90 Å². The number of aliphatic hydroxyl groups excluding tert-OH is 1. The second kappa shape index (κ2) is 10.4. The van der Waals surface area contributed by atoms with Crippen molar-refractivity contribution in [1.29, 1.82) is 0 Å². The van der Waals surface area contributed by atoms with Crippen molar-refractivity contribution in [2.45, 2.75) is 44.9 Å². The maximum atomic E-state index is 14.0. The Morgan fingerprint density at radius 3 is 2.40 bits per heavy atom. The number of halogens is 1. The van der Waals surface area contributed by atoms with Gasteiger partial charge in [0.2, 0.25) is 5.88 Å². The fraction of sp³-hybridized carbons (Fsp3) is 0.276. The minimum Gasteiger partial charge on any atom is -0.438 e. The Bertz CT molecular complexity index is 1260. The van der Waals surface area contributed by atoms with Crippen molar-refractivity contribution in [3.05, 3.63) is 108 Å². The molecule has 1 saturated carbocycles. The van der Waals surface area contributed by atoms with E-state index in [4.69, 9.17) is 9.84 Å². The summed E-state index contributed by atoms with van der Waals surface area (Å²) >= 11 is 0. The number of ether oxygens (including phenoxy) is 1. The van der Waals surface area contributed by atoms with E-state index in [-0.39, 0.29) is 5.82 Å². The van der Waals surface area contributed by atoms with Crippen LogP contribution in [-0.4, -0.2) is 32.4 Å². The van der Waals surface area contributed by atoms with Crippen LogP contribution in [0.1, 0.15) is 42.7 Å². The van der Waals surface area contributed by atoms with E-state index in [1.54, 1.807) is 16.8 Å². The van der Waals surface area contributed by atoms with Crippen LogP contribution in [0.3, 0.4) is 0 Å². The summed E-state index contributed by atoms with van der Waals surface area (Å²) in [6, 6.07) is 26.2. The van der Waals surface area contributed by atoms with Gasteiger partial charge in [0.15, 0.2) is 0 Å². The molecule has 1 aromatic heterocycles. The van der Waals surface area contributed by atoms with Gasteiger partial charge in [-0.15, -0.1) is 0 Å². The molecule has 0 radical (unpaired) electrons. The third-order valence-electron chi connectivity index (χ3n) is 6.38. The van der Waals surface area contributed by atoms with Gasteiger partial charge >= 0.3 is 0 Å². The van der Waals surface area contributed by atoms with Crippen LogP contribution in [0.15, 0.2) is 84.9 Å². The van der Waals surface area contributed by atoms with Crippen LogP contribution in [-0.2, 0) is 13.0 Å². The van der Waals surface area contributed by atoms with Gasteiger partial charge in [-0.25, -0.2) is 9.07 Å². The molecule has 1 fully saturated rings. The lowest BCUT2D eigenvalue weighted by Gasteiger charge is -2.25. The second-order valence-corrected chi connectivity index (χ2v) is 8.98. The van der Waals surface area contributed by atoms with Crippen molar-refractivity contribution >= 4 is 0 Å². The number of benzene rings is 3. The Hall–Kier alpha value is -3.48. The Kier molecular flexibility index (Phi) is 6.93. The van der Waals surface area contributed by atoms with Crippen LogP contribution in [0.2, 0.25) is 0 Å². The van der Waals surface area contributed by atoms with Crippen molar-refractivity contribution in [2.75, 3.05) is 6.54 Å². The zero-order chi connectivity index (χ0) is 24.2. The van der Waals surface area contributed by atoms with Crippen LogP contribution in [0.4, 0.5) is 4.39 Å². The molecule has 3 aromatic carbocycles. The first-order valence-corrected chi connectivity index (χ1v) is 12.2. The molecule has 5 nitrogen and oxygen atoms in total. The summed E-state index contributed by atoms with van der Waals surface area (Å²) < 4.78 is 22.1. The van der Waals surface area contributed by atoms with Crippen molar-refractivity contribution < 1.29 is 14.2 Å². The van der Waals surface area contributed by atoms with Crippen LogP contribution < -0.4 is 4.74 Å². The molecule has 1 aliphatic carbocycles. The quantitative estimate of drug-likeness (QED) is 0.305. The van der Waals surface area contributed by atoms with Crippen LogP contribution >= 0.6 is 0 Å². The summed E-state index contributed by atoms with van der Waals surface area (Å²) in [6.45, 7) is 3.19. The van der Waals surface area contributed by atoms with E-state index in [1.165, 1.54) is 12.1 Å². The largest absolute Gasteiger partial charge is 0.438 e. The monoisotopic (exact) mass is 471 g/mol. The van der Waals surface area contributed by atoms with E-state index in [2.05, 4.69) is 11.8 Å². The number of hydrogen-bond acceptors (Lipinski definition) is 4. The summed E-state index contributed by atoms with van der Waals surface area (Å²) in [5.41, 5.74) is 3.68. The molecule has 1 N–H and O–H groups in total. The molecule has 1 unspecified atom stereocenters. The summed E-state index contributed by atoms with van der Waals surface area (Å²) in [5, 5.41) is 15.9. The SMILES string of the molecule is CCc1nn(-c2ccccc2)c(Oc2cccc(F)c2)c1CN(CC(O)c1ccccc1)C1CC1. The van der Waals surface area contributed by atoms with Gasteiger partial charge in [0.05, 0.1) is 23.0 Å². The Balaban J connectivity index is 1.51. The first-order valence-electron chi connectivity index (χ1n) is 12.2. The zero-order valence-corrected chi connectivity index (χ0v) is 19.8. The number of aromatic nitrogens is 2. The lowest BCUT2D eigenvalue weighted by atomic mass is 10.1. The standard InChI is InChI=1S/C29H30FN3O2/c1-2-27-26(19-32(23-16-17-23)20-28(34)21-10-5-3-6-11-21)29(35-25-15-9-12-22(30)18-25)33(31-27)24-13-7-4-8-14-24/h3-15,18,23,28,34H,2,16-17,19-20H2,1H3. The number of aliphatic hydroxyl groups is 1. The van der Waals surface area contributed by atoms with Gasteiger partial charge in [0, 0.05) is 25.2 Å². The third-order valence-corrected chi connectivity index (χ3v) is 6.38. The molecule has 0 amide bonds. The fourth-order valence-electron chi connectivity index (χ4n) is 4.40. The molecule has 1 atom stereocenters. The molecule has 1 aliphatic rings. The summed E-state index contributed by atoms with van der Waals surface area (Å²) in [6.07, 6.45) is 2.36. The molecule has 35 heavy (non-hydrogen) atoms. The zero-order valence-electron chi connectivity index (χ0n) is 19.8. The molecule has 1 heterocycles. The minimum atomic E-state index is -0.585. The summed E-state index contributed by atoms with van der Waals surface area (Å²) in [5.74, 6) is 0.655. The lowest BCUT2D eigenvalue weighted by Crippen LogP contribution is -2.30. The fourth-order valence-corrected chi connectivity index (χ4v) is 4.40. The molecular weight excluding hydrogens is 441 g/mol. The van der Waals surface area contributed by atoms with Gasteiger partial charge in [-0.2, -0.15) is 5.10 Å². The molecule has 4 aromatic rings. The van der Waals surface area contributed by atoms with Gasteiger partial charge < -0.3 is 9.84 Å². The van der Waals surface area contributed by atoms with Crippen LogP contribution in [0.5, 0.6) is 11.6 Å². The molecule has 0 aliphatic heterocycles. The predicted molar refractivity (Wildman–Crippen MR) is 134 cm³/mol. The summed E-state index contributed by atoms with van der Waals surface area (Å²) in [4.78, 5) is 2.32. The number of rotatable bonds is 10. The third kappa shape index (κ3) is 5.45. The number of hydrogen-bond donors (Lipinski definition) is 1. The molecule has 6 heteroatoms.